The quantitative estimate of drug-likeness (QED) is 0.772. The van der Waals surface area contributed by atoms with Crippen molar-refractivity contribution in [2.45, 2.75) is 26.4 Å². The van der Waals surface area contributed by atoms with Crippen molar-refractivity contribution in [1.29, 1.82) is 0 Å². The zero-order valence-corrected chi connectivity index (χ0v) is 13.9. The molecule has 21 heavy (non-hydrogen) atoms. The van der Waals surface area contributed by atoms with Crippen molar-refractivity contribution in [2.75, 3.05) is 0 Å². The monoisotopic (exact) mass is 347 g/mol. The van der Waals surface area contributed by atoms with Crippen LogP contribution in [0.15, 0.2) is 39.4 Å². The first-order valence-corrected chi connectivity index (χ1v) is 7.74. The molecular formula is C16H18BrN3O. The van der Waals surface area contributed by atoms with Crippen molar-refractivity contribution in [3.05, 3.63) is 52.0 Å². The average Bonchev–Trinajstić information content (AvgIpc) is 3.01. The maximum absolute atomic E-state index is 5.90. The maximum Gasteiger partial charge on any atom is 0.134 e. The van der Waals surface area contributed by atoms with Gasteiger partial charge in [-0.05, 0) is 38.1 Å². The normalized spacial score (nSPS) is 13.0. The van der Waals surface area contributed by atoms with Gasteiger partial charge in [-0.1, -0.05) is 15.9 Å². The molecule has 0 fully saturated rings. The summed E-state index contributed by atoms with van der Waals surface area (Å²) in [5.41, 5.74) is 3.31. The summed E-state index contributed by atoms with van der Waals surface area (Å²) in [5.74, 6) is 0.949. The molecule has 0 aliphatic heterocycles. The van der Waals surface area contributed by atoms with Crippen LogP contribution in [-0.2, 0) is 13.6 Å². The van der Waals surface area contributed by atoms with E-state index in [0.717, 1.165) is 27.7 Å². The standard InChI is InChI=1S/C16H18BrN3O/c1-10(18-8-13-9-19-20(3)11(13)2)16-7-12-6-14(17)4-5-15(12)21-16/h4-7,9-10,18H,8H2,1-3H3. The van der Waals surface area contributed by atoms with Crippen LogP contribution in [0, 0.1) is 6.92 Å². The second-order valence-electron chi connectivity index (χ2n) is 5.31. The van der Waals surface area contributed by atoms with Gasteiger partial charge in [-0.2, -0.15) is 5.10 Å². The van der Waals surface area contributed by atoms with Crippen LogP contribution in [0.1, 0.15) is 30.0 Å². The molecule has 0 radical (unpaired) electrons. The Labute approximate surface area is 132 Å². The Morgan fingerprint density at radius 3 is 2.90 bits per heavy atom. The summed E-state index contributed by atoms with van der Waals surface area (Å²) in [6.07, 6.45) is 1.91. The van der Waals surface area contributed by atoms with Gasteiger partial charge in [0.1, 0.15) is 11.3 Å². The van der Waals surface area contributed by atoms with E-state index in [1.807, 2.05) is 30.1 Å². The third-order valence-electron chi connectivity index (χ3n) is 3.86. The molecule has 110 valence electrons. The Morgan fingerprint density at radius 1 is 1.38 bits per heavy atom. The highest BCUT2D eigenvalue weighted by Crippen LogP contribution is 2.26. The molecule has 0 amide bonds. The molecular weight excluding hydrogens is 330 g/mol. The number of aryl methyl sites for hydroxylation is 1. The Kier molecular flexibility index (Phi) is 3.87. The summed E-state index contributed by atoms with van der Waals surface area (Å²) in [6, 6.07) is 8.29. The minimum Gasteiger partial charge on any atom is -0.459 e. The first-order chi connectivity index (χ1) is 10.0. The van der Waals surface area contributed by atoms with E-state index < -0.39 is 0 Å². The van der Waals surface area contributed by atoms with Crippen LogP contribution in [0.5, 0.6) is 0 Å². The second-order valence-corrected chi connectivity index (χ2v) is 6.23. The highest BCUT2D eigenvalue weighted by molar-refractivity contribution is 9.10. The van der Waals surface area contributed by atoms with Crippen molar-refractivity contribution in [2.24, 2.45) is 7.05 Å². The van der Waals surface area contributed by atoms with Crippen molar-refractivity contribution >= 4 is 26.9 Å². The van der Waals surface area contributed by atoms with E-state index in [1.54, 1.807) is 0 Å². The van der Waals surface area contributed by atoms with E-state index in [0.29, 0.717) is 0 Å². The molecule has 3 rings (SSSR count). The first-order valence-electron chi connectivity index (χ1n) is 6.94. The predicted molar refractivity (Wildman–Crippen MR) is 87.1 cm³/mol. The molecule has 0 bridgehead atoms. The fourth-order valence-corrected chi connectivity index (χ4v) is 2.71. The Balaban J connectivity index is 1.74. The van der Waals surface area contributed by atoms with Crippen LogP contribution >= 0.6 is 15.9 Å². The summed E-state index contributed by atoms with van der Waals surface area (Å²) in [5, 5.41) is 8.86. The lowest BCUT2D eigenvalue weighted by Gasteiger charge is -2.10. The molecule has 0 saturated carbocycles. The Morgan fingerprint density at radius 2 is 2.19 bits per heavy atom. The molecule has 1 atom stereocenters. The summed E-state index contributed by atoms with van der Waals surface area (Å²) >= 11 is 3.48. The topological polar surface area (TPSA) is 43.0 Å². The molecule has 0 aliphatic rings. The lowest BCUT2D eigenvalue weighted by molar-refractivity contribution is 0.450. The third-order valence-corrected chi connectivity index (χ3v) is 4.35. The number of fused-ring (bicyclic) bond motifs is 1. The van der Waals surface area contributed by atoms with Crippen LogP contribution in [0.25, 0.3) is 11.0 Å². The number of rotatable bonds is 4. The highest BCUT2D eigenvalue weighted by atomic mass is 79.9. The van der Waals surface area contributed by atoms with Crippen molar-refractivity contribution in [1.82, 2.24) is 15.1 Å². The molecule has 2 heterocycles. The lowest BCUT2D eigenvalue weighted by atomic mass is 10.2. The van der Waals surface area contributed by atoms with E-state index in [-0.39, 0.29) is 6.04 Å². The summed E-state index contributed by atoms with van der Waals surface area (Å²) in [6.45, 7) is 4.97. The Bertz CT molecular complexity index is 775. The highest BCUT2D eigenvalue weighted by Gasteiger charge is 2.12. The van der Waals surface area contributed by atoms with Gasteiger partial charge in [0.2, 0.25) is 0 Å². The summed E-state index contributed by atoms with van der Waals surface area (Å²) < 4.78 is 8.86. The van der Waals surface area contributed by atoms with Gasteiger partial charge in [0.15, 0.2) is 0 Å². The van der Waals surface area contributed by atoms with Crippen molar-refractivity contribution in [3.63, 3.8) is 0 Å². The van der Waals surface area contributed by atoms with Crippen LogP contribution in [-0.4, -0.2) is 9.78 Å². The fourth-order valence-electron chi connectivity index (χ4n) is 2.33. The zero-order chi connectivity index (χ0) is 15.0. The lowest BCUT2D eigenvalue weighted by Crippen LogP contribution is -2.17. The molecule has 0 spiro atoms. The summed E-state index contributed by atoms with van der Waals surface area (Å²) in [4.78, 5) is 0. The number of nitrogens with one attached hydrogen (secondary N) is 1. The predicted octanol–water partition coefficient (Wildman–Crippen LogP) is 4.09. The van der Waals surface area contributed by atoms with E-state index in [1.165, 1.54) is 11.3 Å². The molecule has 0 saturated heterocycles. The minimum atomic E-state index is 0.149. The molecule has 1 aromatic carbocycles. The smallest absolute Gasteiger partial charge is 0.134 e. The average molecular weight is 348 g/mol. The molecule has 1 N–H and O–H groups in total. The third kappa shape index (κ3) is 2.89. The molecule has 3 aromatic rings. The second kappa shape index (κ2) is 5.66. The Hall–Kier alpha value is -1.59. The number of furan rings is 1. The van der Waals surface area contributed by atoms with Gasteiger partial charge in [0.05, 0.1) is 12.2 Å². The van der Waals surface area contributed by atoms with Crippen molar-refractivity contribution < 1.29 is 4.42 Å². The number of nitrogens with zero attached hydrogens (tertiary/aromatic N) is 2. The van der Waals surface area contributed by atoms with Crippen LogP contribution < -0.4 is 5.32 Å². The molecule has 2 aromatic heterocycles. The van der Waals surface area contributed by atoms with E-state index >= 15 is 0 Å². The maximum atomic E-state index is 5.90. The number of halogens is 1. The fraction of sp³-hybridized carbons (Fsp3) is 0.312. The zero-order valence-electron chi connectivity index (χ0n) is 12.4. The molecule has 5 heteroatoms. The first kappa shape index (κ1) is 14.4. The molecule has 1 unspecified atom stereocenters. The van der Waals surface area contributed by atoms with E-state index in [2.05, 4.69) is 52.3 Å². The summed E-state index contributed by atoms with van der Waals surface area (Å²) in [7, 11) is 1.96. The van der Waals surface area contributed by atoms with Crippen molar-refractivity contribution in [3.8, 4) is 0 Å². The van der Waals surface area contributed by atoms with E-state index in [9.17, 15) is 0 Å². The van der Waals surface area contributed by atoms with Crippen LogP contribution in [0.2, 0.25) is 0 Å². The van der Waals surface area contributed by atoms with Gasteiger partial charge < -0.3 is 9.73 Å². The van der Waals surface area contributed by atoms with Gasteiger partial charge >= 0.3 is 0 Å². The van der Waals surface area contributed by atoms with Gasteiger partial charge in [0, 0.05) is 34.7 Å². The number of hydrogen-bond donors (Lipinski definition) is 1. The molecule has 4 nitrogen and oxygen atoms in total. The number of benzene rings is 1. The van der Waals surface area contributed by atoms with Gasteiger partial charge in [0.25, 0.3) is 0 Å². The largest absolute Gasteiger partial charge is 0.459 e. The van der Waals surface area contributed by atoms with Gasteiger partial charge in [-0.15, -0.1) is 0 Å². The number of hydrogen-bond acceptors (Lipinski definition) is 3. The number of aromatic nitrogens is 2. The van der Waals surface area contributed by atoms with Gasteiger partial charge in [-0.25, -0.2) is 0 Å². The van der Waals surface area contributed by atoms with Crippen LogP contribution in [0.4, 0.5) is 0 Å². The molecule has 0 aliphatic carbocycles. The minimum absolute atomic E-state index is 0.149. The van der Waals surface area contributed by atoms with E-state index in [4.69, 9.17) is 4.42 Å². The van der Waals surface area contributed by atoms with Crippen LogP contribution in [0.3, 0.4) is 0 Å². The SMILES string of the molecule is Cc1c(CNC(C)c2cc3cc(Br)ccc3o2)cnn1C. The van der Waals surface area contributed by atoms with Gasteiger partial charge in [-0.3, -0.25) is 4.68 Å².